The SMILES string of the molecule is Cn1c(=O)c2c(ncn2CC(=O)c2ccc3c(c2)-c2ccccc2C3)n(C)c1=O. The lowest BCUT2D eigenvalue weighted by Crippen LogP contribution is -2.37. The van der Waals surface area contributed by atoms with Gasteiger partial charge in [-0.1, -0.05) is 36.4 Å². The number of hydrogen-bond donors (Lipinski definition) is 0. The van der Waals surface area contributed by atoms with Crippen LogP contribution in [-0.4, -0.2) is 24.5 Å². The normalized spacial score (nSPS) is 12.2. The number of aryl methyl sites for hydroxylation is 1. The predicted octanol–water partition coefficient (Wildman–Crippen LogP) is 1.89. The summed E-state index contributed by atoms with van der Waals surface area (Å²) in [6.07, 6.45) is 2.31. The molecule has 4 aromatic rings. The number of carbonyl (C=O) groups is 1. The van der Waals surface area contributed by atoms with Crippen molar-refractivity contribution in [1.82, 2.24) is 18.7 Å². The Morgan fingerprint density at radius 2 is 1.76 bits per heavy atom. The minimum Gasteiger partial charge on any atom is -0.317 e. The van der Waals surface area contributed by atoms with E-state index < -0.39 is 11.2 Å². The zero-order valence-electron chi connectivity index (χ0n) is 16.0. The number of rotatable bonds is 3. The number of fused-ring (bicyclic) bond motifs is 4. The maximum Gasteiger partial charge on any atom is 0.332 e. The highest BCUT2D eigenvalue weighted by molar-refractivity contribution is 5.98. The van der Waals surface area contributed by atoms with Crippen LogP contribution in [0.4, 0.5) is 0 Å². The van der Waals surface area contributed by atoms with Crippen molar-refractivity contribution in [1.29, 1.82) is 0 Å². The zero-order chi connectivity index (χ0) is 20.3. The maximum absolute atomic E-state index is 13.0. The summed E-state index contributed by atoms with van der Waals surface area (Å²) >= 11 is 0. The summed E-state index contributed by atoms with van der Waals surface area (Å²) in [7, 11) is 2.97. The van der Waals surface area contributed by atoms with E-state index >= 15 is 0 Å². The molecular formula is C22H18N4O3. The van der Waals surface area contributed by atoms with Crippen molar-refractivity contribution in [2.45, 2.75) is 13.0 Å². The van der Waals surface area contributed by atoms with Crippen LogP contribution >= 0.6 is 0 Å². The van der Waals surface area contributed by atoms with Gasteiger partial charge >= 0.3 is 5.69 Å². The van der Waals surface area contributed by atoms with E-state index in [4.69, 9.17) is 0 Å². The fourth-order valence-electron chi connectivity index (χ4n) is 4.06. The molecule has 1 aliphatic rings. The second-order valence-electron chi connectivity index (χ2n) is 7.38. The number of benzene rings is 2. The van der Waals surface area contributed by atoms with Crippen molar-refractivity contribution >= 4 is 16.9 Å². The minimum atomic E-state index is -0.462. The van der Waals surface area contributed by atoms with Crippen molar-refractivity contribution < 1.29 is 4.79 Å². The Hall–Kier alpha value is -3.74. The molecule has 0 saturated carbocycles. The van der Waals surface area contributed by atoms with Crippen LogP contribution in [0.15, 0.2) is 58.4 Å². The van der Waals surface area contributed by atoms with Gasteiger partial charge in [-0.25, -0.2) is 9.78 Å². The summed E-state index contributed by atoms with van der Waals surface area (Å²) < 4.78 is 3.85. The molecule has 144 valence electrons. The first-order valence-corrected chi connectivity index (χ1v) is 9.31. The molecule has 0 spiro atoms. The van der Waals surface area contributed by atoms with Crippen LogP contribution in [0.1, 0.15) is 21.5 Å². The van der Waals surface area contributed by atoms with Gasteiger partial charge in [0, 0.05) is 19.7 Å². The average molecular weight is 386 g/mol. The van der Waals surface area contributed by atoms with E-state index in [0.29, 0.717) is 5.56 Å². The number of Topliss-reactive ketones (excluding diaryl/α,β-unsaturated/α-hetero) is 1. The molecule has 7 heteroatoms. The molecule has 2 aromatic heterocycles. The van der Waals surface area contributed by atoms with Gasteiger partial charge in [-0.05, 0) is 34.7 Å². The summed E-state index contributed by atoms with van der Waals surface area (Å²) in [4.78, 5) is 41.8. The Balaban J connectivity index is 1.55. The number of ketones is 1. The van der Waals surface area contributed by atoms with Gasteiger partial charge in [-0.2, -0.15) is 0 Å². The quantitative estimate of drug-likeness (QED) is 0.444. The van der Waals surface area contributed by atoms with Crippen LogP contribution in [-0.2, 0) is 27.1 Å². The molecule has 0 bridgehead atoms. The Morgan fingerprint density at radius 1 is 1.00 bits per heavy atom. The Kier molecular flexibility index (Phi) is 3.67. The summed E-state index contributed by atoms with van der Waals surface area (Å²) in [5.41, 5.74) is 4.91. The summed E-state index contributed by atoms with van der Waals surface area (Å²) in [6, 6.07) is 14.0. The van der Waals surface area contributed by atoms with Gasteiger partial charge in [-0.15, -0.1) is 0 Å². The van der Waals surface area contributed by atoms with E-state index in [1.165, 1.54) is 33.6 Å². The standard InChI is InChI=1S/C22H18N4O3/c1-24-20-19(21(28)25(2)22(24)29)26(12-23-20)11-18(27)15-8-7-14-9-13-5-3-4-6-16(13)17(14)10-15/h3-8,10,12H,9,11H2,1-2H3. The van der Waals surface area contributed by atoms with E-state index in [9.17, 15) is 14.4 Å². The van der Waals surface area contributed by atoms with Crippen LogP contribution < -0.4 is 11.2 Å². The lowest BCUT2D eigenvalue weighted by Gasteiger charge is -2.08. The van der Waals surface area contributed by atoms with Gasteiger partial charge < -0.3 is 4.57 Å². The van der Waals surface area contributed by atoms with Crippen molar-refractivity contribution in [3.63, 3.8) is 0 Å². The van der Waals surface area contributed by atoms with Crippen molar-refractivity contribution in [3.8, 4) is 11.1 Å². The third-order valence-electron chi connectivity index (χ3n) is 5.65. The molecule has 29 heavy (non-hydrogen) atoms. The zero-order valence-corrected chi connectivity index (χ0v) is 16.0. The molecule has 0 saturated heterocycles. The molecule has 0 unspecified atom stereocenters. The third kappa shape index (κ3) is 2.51. The van der Waals surface area contributed by atoms with Crippen molar-refractivity contribution in [2.24, 2.45) is 14.1 Å². The highest BCUT2D eigenvalue weighted by atomic mass is 16.2. The maximum atomic E-state index is 13.0. The number of imidazole rings is 1. The number of aromatic nitrogens is 4. The Bertz CT molecular complexity index is 1440. The fourth-order valence-corrected chi connectivity index (χ4v) is 4.06. The van der Waals surface area contributed by atoms with Gasteiger partial charge in [-0.3, -0.25) is 18.7 Å². The highest BCUT2D eigenvalue weighted by Crippen LogP contribution is 2.36. The molecule has 0 N–H and O–H groups in total. The van der Waals surface area contributed by atoms with E-state index in [2.05, 4.69) is 17.1 Å². The van der Waals surface area contributed by atoms with Crippen LogP contribution in [0.2, 0.25) is 0 Å². The van der Waals surface area contributed by atoms with E-state index in [-0.39, 0.29) is 23.5 Å². The van der Waals surface area contributed by atoms with Crippen molar-refractivity contribution in [2.75, 3.05) is 0 Å². The Labute approximate surface area is 165 Å². The lowest BCUT2D eigenvalue weighted by atomic mass is 10.0. The smallest absolute Gasteiger partial charge is 0.317 e. The molecular weight excluding hydrogens is 368 g/mol. The minimum absolute atomic E-state index is 0.0234. The van der Waals surface area contributed by atoms with Gasteiger partial charge in [0.05, 0.1) is 12.9 Å². The molecule has 0 fully saturated rings. The predicted molar refractivity (Wildman–Crippen MR) is 109 cm³/mol. The lowest BCUT2D eigenvalue weighted by molar-refractivity contribution is 0.0973. The molecule has 0 radical (unpaired) electrons. The average Bonchev–Trinajstić information content (AvgIpc) is 3.31. The Morgan fingerprint density at radius 3 is 2.59 bits per heavy atom. The topological polar surface area (TPSA) is 78.9 Å². The summed E-state index contributed by atoms with van der Waals surface area (Å²) in [5, 5.41) is 0. The molecule has 1 aliphatic carbocycles. The third-order valence-corrected chi connectivity index (χ3v) is 5.65. The van der Waals surface area contributed by atoms with Gasteiger partial charge in [0.15, 0.2) is 16.9 Å². The molecule has 2 heterocycles. The van der Waals surface area contributed by atoms with Crippen LogP contribution in [0.5, 0.6) is 0 Å². The number of carbonyl (C=O) groups excluding carboxylic acids is 1. The van der Waals surface area contributed by atoms with E-state index in [0.717, 1.165) is 22.1 Å². The monoisotopic (exact) mass is 386 g/mol. The molecule has 7 nitrogen and oxygen atoms in total. The van der Waals surface area contributed by atoms with Crippen LogP contribution in [0.25, 0.3) is 22.3 Å². The second-order valence-corrected chi connectivity index (χ2v) is 7.38. The van der Waals surface area contributed by atoms with Gasteiger partial charge in [0.1, 0.15) is 0 Å². The van der Waals surface area contributed by atoms with E-state index in [1.54, 1.807) is 7.05 Å². The van der Waals surface area contributed by atoms with Crippen molar-refractivity contribution in [3.05, 3.63) is 86.3 Å². The second kappa shape index (κ2) is 6.13. The van der Waals surface area contributed by atoms with Crippen LogP contribution in [0, 0.1) is 0 Å². The molecule has 0 aliphatic heterocycles. The largest absolute Gasteiger partial charge is 0.332 e. The van der Waals surface area contributed by atoms with Gasteiger partial charge in [0.2, 0.25) is 0 Å². The van der Waals surface area contributed by atoms with Gasteiger partial charge in [0.25, 0.3) is 5.56 Å². The molecule has 0 amide bonds. The summed E-state index contributed by atoms with van der Waals surface area (Å²) in [6.45, 7) is -0.0234. The molecule has 2 aromatic carbocycles. The first kappa shape index (κ1) is 17.4. The number of hydrogen-bond acceptors (Lipinski definition) is 4. The molecule has 0 atom stereocenters. The fraction of sp³-hybridized carbons (Fsp3) is 0.182. The highest BCUT2D eigenvalue weighted by Gasteiger charge is 2.21. The number of nitrogens with zero attached hydrogens (tertiary/aromatic N) is 4. The summed E-state index contributed by atoms with van der Waals surface area (Å²) in [5.74, 6) is -0.118. The first-order valence-electron chi connectivity index (χ1n) is 9.31. The first-order chi connectivity index (χ1) is 14.0. The van der Waals surface area contributed by atoms with Crippen LogP contribution in [0.3, 0.4) is 0 Å². The van der Waals surface area contributed by atoms with E-state index in [1.807, 2.05) is 30.3 Å². The molecule has 5 rings (SSSR count).